The van der Waals surface area contributed by atoms with Crippen LogP contribution in [-0.2, 0) is 20.2 Å². The Morgan fingerprint density at radius 2 is 2.15 bits per heavy atom. The topological polar surface area (TPSA) is 53.3 Å². The third-order valence-electron chi connectivity index (χ3n) is 3.16. The van der Waals surface area contributed by atoms with Crippen molar-refractivity contribution in [3.63, 3.8) is 0 Å². The Kier molecular flexibility index (Phi) is 4.67. The van der Waals surface area contributed by atoms with Gasteiger partial charge in [0, 0.05) is 36.9 Å². The molecule has 1 heterocycles. The van der Waals surface area contributed by atoms with Crippen molar-refractivity contribution in [3.8, 4) is 0 Å². The lowest BCUT2D eigenvalue weighted by Crippen LogP contribution is -2.15. The van der Waals surface area contributed by atoms with Crippen LogP contribution in [0, 0.1) is 0 Å². The number of aromatic nitrogens is 2. The Balaban J connectivity index is 2.13. The highest BCUT2D eigenvalue weighted by atomic mass is 79.9. The molecule has 2 rings (SSSR count). The average Bonchev–Trinajstić information content (AvgIpc) is 2.78. The van der Waals surface area contributed by atoms with Crippen LogP contribution in [0.4, 0.5) is 11.6 Å². The van der Waals surface area contributed by atoms with Gasteiger partial charge in [0.15, 0.2) is 0 Å². The summed E-state index contributed by atoms with van der Waals surface area (Å²) in [5.74, 6) is 0.917. The van der Waals surface area contributed by atoms with E-state index in [0.29, 0.717) is 6.54 Å². The van der Waals surface area contributed by atoms with Gasteiger partial charge in [0.05, 0.1) is 25.0 Å². The largest absolute Gasteiger partial charge is 0.392 e. The fourth-order valence-electron chi connectivity index (χ4n) is 2.06. The Morgan fingerprint density at radius 1 is 1.40 bits per heavy atom. The third-order valence-corrected chi connectivity index (χ3v) is 3.65. The minimum Gasteiger partial charge on any atom is -0.392 e. The first-order chi connectivity index (χ1) is 9.52. The van der Waals surface area contributed by atoms with Gasteiger partial charge in [-0.25, -0.2) is 4.98 Å². The lowest BCUT2D eigenvalue weighted by atomic mass is 10.2. The number of halogens is 1. The van der Waals surface area contributed by atoms with Crippen LogP contribution in [-0.4, -0.2) is 28.8 Å². The summed E-state index contributed by atoms with van der Waals surface area (Å²) >= 11 is 3.41. The zero-order valence-electron chi connectivity index (χ0n) is 11.9. The summed E-state index contributed by atoms with van der Waals surface area (Å²) in [6.07, 6.45) is 1.86. The van der Waals surface area contributed by atoms with Crippen LogP contribution in [0.5, 0.6) is 0 Å². The highest BCUT2D eigenvalue weighted by Gasteiger charge is 2.08. The lowest BCUT2D eigenvalue weighted by Gasteiger charge is -2.14. The van der Waals surface area contributed by atoms with Gasteiger partial charge in [-0.3, -0.25) is 0 Å². The Bertz CT molecular complexity index is 595. The maximum absolute atomic E-state index is 9.39. The number of rotatable bonds is 5. The molecule has 0 aliphatic rings. The van der Waals surface area contributed by atoms with E-state index in [0.717, 1.165) is 27.4 Å². The molecule has 6 heteroatoms. The van der Waals surface area contributed by atoms with Crippen LogP contribution < -0.4 is 10.2 Å². The molecule has 0 amide bonds. The van der Waals surface area contributed by atoms with E-state index in [4.69, 9.17) is 0 Å². The van der Waals surface area contributed by atoms with Gasteiger partial charge in [0.1, 0.15) is 0 Å². The standard InChI is InChI=1S/C14H19BrN4O/c1-18(2)14-17-8-12(19(14)3)7-16-13-5-4-11(15)6-10(13)9-20/h4-6,8,16,20H,7,9H2,1-3H3. The first-order valence-corrected chi connectivity index (χ1v) is 7.13. The Labute approximate surface area is 127 Å². The summed E-state index contributed by atoms with van der Waals surface area (Å²) in [6.45, 7) is 0.669. The fraction of sp³-hybridized carbons (Fsp3) is 0.357. The number of imidazole rings is 1. The molecule has 2 aromatic rings. The lowest BCUT2D eigenvalue weighted by molar-refractivity contribution is 0.282. The molecule has 0 fully saturated rings. The number of hydrogen-bond acceptors (Lipinski definition) is 4. The SMILES string of the molecule is CN(C)c1ncc(CNc2ccc(Br)cc2CO)n1C. The molecule has 0 aliphatic carbocycles. The van der Waals surface area contributed by atoms with Gasteiger partial charge in [0.2, 0.25) is 5.95 Å². The normalized spacial score (nSPS) is 10.7. The molecule has 1 aromatic heterocycles. The van der Waals surface area contributed by atoms with Crippen LogP contribution in [0.3, 0.4) is 0 Å². The van der Waals surface area contributed by atoms with Gasteiger partial charge in [-0.2, -0.15) is 0 Å². The third kappa shape index (κ3) is 3.13. The Morgan fingerprint density at radius 3 is 2.75 bits per heavy atom. The van der Waals surface area contributed by atoms with Crippen LogP contribution in [0.25, 0.3) is 0 Å². The average molecular weight is 339 g/mol. The molecule has 20 heavy (non-hydrogen) atoms. The monoisotopic (exact) mass is 338 g/mol. The molecule has 1 aromatic carbocycles. The minimum absolute atomic E-state index is 0.0100. The van der Waals surface area contributed by atoms with Gasteiger partial charge in [-0.05, 0) is 18.2 Å². The summed E-state index contributed by atoms with van der Waals surface area (Å²) in [4.78, 5) is 6.35. The quantitative estimate of drug-likeness (QED) is 0.878. The van der Waals surface area contributed by atoms with Crippen molar-refractivity contribution < 1.29 is 5.11 Å². The molecule has 5 nitrogen and oxygen atoms in total. The van der Waals surface area contributed by atoms with Crippen molar-refractivity contribution in [2.75, 3.05) is 24.3 Å². The number of nitrogens with one attached hydrogen (secondary N) is 1. The van der Waals surface area contributed by atoms with Crippen LogP contribution in [0.15, 0.2) is 28.9 Å². The maximum atomic E-state index is 9.39. The van der Waals surface area contributed by atoms with Gasteiger partial charge >= 0.3 is 0 Å². The van der Waals surface area contributed by atoms with Crippen molar-refractivity contribution in [1.29, 1.82) is 0 Å². The van der Waals surface area contributed by atoms with Crippen molar-refractivity contribution >= 4 is 27.6 Å². The van der Waals surface area contributed by atoms with E-state index in [1.165, 1.54) is 0 Å². The second-order valence-corrected chi connectivity index (χ2v) is 5.73. The van der Waals surface area contributed by atoms with Crippen LogP contribution in [0.1, 0.15) is 11.3 Å². The highest BCUT2D eigenvalue weighted by molar-refractivity contribution is 9.10. The predicted molar refractivity (Wildman–Crippen MR) is 84.9 cm³/mol. The molecule has 0 spiro atoms. The number of aliphatic hydroxyl groups is 1. The molecule has 0 saturated heterocycles. The van der Waals surface area contributed by atoms with Gasteiger partial charge in [-0.1, -0.05) is 15.9 Å². The second-order valence-electron chi connectivity index (χ2n) is 4.82. The molecular weight excluding hydrogens is 320 g/mol. The highest BCUT2D eigenvalue weighted by Crippen LogP contribution is 2.22. The number of anilines is 2. The molecule has 0 atom stereocenters. The molecule has 0 saturated carbocycles. The maximum Gasteiger partial charge on any atom is 0.204 e. The molecule has 0 unspecified atom stereocenters. The van der Waals surface area contributed by atoms with E-state index < -0.39 is 0 Å². The van der Waals surface area contributed by atoms with Gasteiger partial charge in [-0.15, -0.1) is 0 Å². The number of nitrogens with zero attached hydrogens (tertiary/aromatic N) is 3. The predicted octanol–water partition coefficient (Wildman–Crippen LogP) is 2.35. The van der Waals surface area contributed by atoms with Crippen LogP contribution >= 0.6 is 15.9 Å². The van der Waals surface area contributed by atoms with Crippen LogP contribution in [0.2, 0.25) is 0 Å². The van der Waals surface area contributed by atoms with Gasteiger partial charge < -0.3 is 19.9 Å². The number of benzene rings is 1. The first kappa shape index (κ1) is 14.9. The molecular formula is C14H19BrN4O. The summed E-state index contributed by atoms with van der Waals surface area (Å²) in [6, 6.07) is 5.83. The summed E-state index contributed by atoms with van der Waals surface area (Å²) in [7, 11) is 5.93. The summed E-state index contributed by atoms with van der Waals surface area (Å²) in [5, 5.41) is 12.7. The fourth-order valence-corrected chi connectivity index (χ4v) is 2.47. The Hall–Kier alpha value is -1.53. The van der Waals surface area contributed by atoms with E-state index in [1.807, 2.05) is 55.0 Å². The van der Waals surface area contributed by atoms with Crippen molar-refractivity contribution in [2.45, 2.75) is 13.2 Å². The zero-order valence-corrected chi connectivity index (χ0v) is 13.5. The smallest absolute Gasteiger partial charge is 0.204 e. The van der Waals surface area contributed by atoms with Crippen molar-refractivity contribution in [1.82, 2.24) is 9.55 Å². The van der Waals surface area contributed by atoms with E-state index in [9.17, 15) is 5.11 Å². The summed E-state index contributed by atoms with van der Waals surface area (Å²) in [5.41, 5.74) is 2.89. The molecule has 2 N–H and O–H groups in total. The molecule has 0 radical (unpaired) electrons. The second kappa shape index (κ2) is 6.28. The van der Waals surface area contributed by atoms with Gasteiger partial charge in [0.25, 0.3) is 0 Å². The van der Waals surface area contributed by atoms with E-state index >= 15 is 0 Å². The van der Waals surface area contributed by atoms with Crippen molar-refractivity contribution in [2.24, 2.45) is 7.05 Å². The van der Waals surface area contributed by atoms with Crippen molar-refractivity contribution in [3.05, 3.63) is 40.1 Å². The zero-order chi connectivity index (χ0) is 14.7. The van der Waals surface area contributed by atoms with E-state index in [-0.39, 0.29) is 6.61 Å². The minimum atomic E-state index is 0.0100. The van der Waals surface area contributed by atoms with E-state index in [1.54, 1.807) is 0 Å². The number of hydrogen-bond donors (Lipinski definition) is 2. The summed E-state index contributed by atoms with van der Waals surface area (Å²) < 4.78 is 3.01. The number of aliphatic hydroxyl groups excluding tert-OH is 1. The van der Waals surface area contributed by atoms with E-state index in [2.05, 4.69) is 26.2 Å². The molecule has 0 bridgehead atoms. The molecule has 0 aliphatic heterocycles. The molecule has 108 valence electrons. The first-order valence-electron chi connectivity index (χ1n) is 6.34.